The monoisotopic (exact) mass is 483 g/mol. The first kappa shape index (κ1) is 26.4. The van der Waals surface area contributed by atoms with Crippen molar-refractivity contribution in [2.45, 2.75) is 65.3 Å². The molecule has 1 aliphatic heterocycles. The van der Waals surface area contributed by atoms with E-state index in [4.69, 9.17) is 23.7 Å². The molecule has 0 radical (unpaired) electrons. The van der Waals surface area contributed by atoms with Crippen molar-refractivity contribution in [2.24, 2.45) is 0 Å². The van der Waals surface area contributed by atoms with Crippen molar-refractivity contribution < 1.29 is 47.7 Å². The van der Waals surface area contributed by atoms with Crippen molar-refractivity contribution in [3.8, 4) is 0 Å². The van der Waals surface area contributed by atoms with Gasteiger partial charge in [0.05, 0.1) is 0 Å². The highest BCUT2D eigenvalue weighted by molar-refractivity contribution is 5.87. The van der Waals surface area contributed by atoms with E-state index >= 15 is 0 Å². The molecule has 0 unspecified atom stereocenters. The Morgan fingerprint density at radius 1 is 0.912 bits per heavy atom. The fraction of sp³-hybridized carbons (Fsp3) is 0.550. The van der Waals surface area contributed by atoms with Crippen LogP contribution in [-0.2, 0) is 47.7 Å². The number of rotatable bonds is 7. The van der Waals surface area contributed by atoms with Crippen LogP contribution in [0.5, 0.6) is 0 Å². The van der Waals surface area contributed by atoms with E-state index < -0.39 is 72.7 Å². The van der Waals surface area contributed by atoms with Crippen LogP contribution in [0, 0.1) is 0 Å². The average molecular weight is 483 g/mol. The summed E-state index contributed by atoms with van der Waals surface area (Å²) < 4.78 is 27.7. The first-order valence-corrected chi connectivity index (χ1v) is 10.1. The highest BCUT2D eigenvalue weighted by Gasteiger charge is 2.53. The molecular formula is C20H25N3O11. The Morgan fingerprint density at radius 2 is 1.47 bits per heavy atom. The number of nitrogens with one attached hydrogen (secondary N) is 1. The van der Waals surface area contributed by atoms with Crippen molar-refractivity contribution in [3.05, 3.63) is 22.7 Å². The van der Waals surface area contributed by atoms with Crippen LogP contribution in [0.15, 0.2) is 17.1 Å². The van der Waals surface area contributed by atoms with Crippen LogP contribution < -0.4 is 11.0 Å². The molecule has 1 aromatic heterocycles. The normalized spacial score (nSPS) is 23.9. The quantitative estimate of drug-likeness (QED) is 0.387. The number of ether oxygens (including phenoxy) is 5. The summed E-state index contributed by atoms with van der Waals surface area (Å²) in [7, 11) is 0. The lowest BCUT2D eigenvalue weighted by molar-refractivity contribution is -0.269. The number of nitrogens with zero attached hydrogens (tertiary/aromatic N) is 2. The van der Waals surface area contributed by atoms with Crippen LogP contribution in [0.4, 0.5) is 5.82 Å². The van der Waals surface area contributed by atoms with E-state index in [9.17, 15) is 28.8 Å². The summed E-state index contributed by atoms with van der Waals surface area (Å²) in [6.45, 7) is 5.18. The predicted molar refractivity (Wildman–Crippen MR) is 110 cm³/mol. The average Bonchev–Trinajstić information content (AvgIpc) is 2.68. The summed E-state index contributed by atoms with van der Waals surface area (Å²) in [5.74, 6) is -3.58. The lowest BCUT2D eigenvalue weighted by atomic mass is 9.97. The van der Waals surface area contributed by atoms with E-state index in [0.717, 1.165) is 32.3 Å². The van der Waals surface area contributed by atoms with E-state index in [2.05, 4.69) is 10.3 Å². The number of anilines is 1. The molecule has 1 fully saturated rings. The Morgan fingerprint density at radius 3 is 1.97 bits per heavy atom. The number of hydrogen-bond acceptors (Lipinski definition) is 12. The summed E-state index contributed by atoms with van der Waals surface area (Å²) >= 11 is 0. The summed E-state index contributed by atoms with van der Waals surface area (Å²) in [5.41, 5.74) is -0.910. The van der Waals surface area contributed by atoms with Gasteiger partial charge >= 0.3 is 29.6 Å². The molecule has 0 saturated carbocycles. The molecule has 1 aliphatic rings. The highest BCUT2D eigenvalue weighted by atomic mass is 16.7. The lowest BCUT2D eigenvalue weighted by Gasteiger charge is -2.44. The van der Waals surface area contributed by atoms with Gasteiger partial charge in [-0.3, -0.25) is 28.5 Å². The molecule has 0 aliphatic carbocycles. The van der Waals surface area contributed by atoms with Gasteiger partial charge in [0.15, 0.2) is 24.5 Å². The van der Waals surface area contributed by atoms with Gasteiger partial charge in [-0.1, -0.05) is 0 Å². The van der Waals surface area contributed by atoms with E-state index in [-0.39, 0.29) is 5.82 Å². The maximum absolute atomic E-state index is 12.7. The molecule has 2 rings (SSSR count). The fourth-order valence-electron chi connectivity index (χ4n) is 3.29. The van der Waals surface area contributed by atoms with Gasteiger partial charge in [0.1, 0.15) is 18.5 Å². The van der Waals surface area contributed by atoms with Crippen LogP contribution in [0.1, 0.15) is 40.8 Å². The summed E-state index contributed by atoms with van der Waals surface area (Å²) in [6, 6.07) is 1.29. The fourth-order valence-corrected chi connectivity index (χ4v) is 3.29. The van der Waals surface area contributed by atoms with E-state index in [0.29, 0.717) is 0 Å². The largest absolute Gasteiger partial charge is 0.463 e. The molecule has 0 aromatic carbocycles. The van der Waals surface area contributed by atoms with E-state index in [1.54, 1.807) is 0 Å². The van der Waals surface area contributed by atoms with Gasteiger partial charge in [-0.25, -0.2) is 4.79 Å². The smallest absolute Gasteiger partial charge is 0.351 e. The zero-order chi connectivity index (χ0) is 25.6. The molecule has 5 atom stereocenters. The number of aromatic nitrogens is 2. The number of amides is 1. The first-order chi connectivity index (χ1) is 15.9. The van der Waals surface area contributed by atoms with Gasteiger partial charge in [-0.05, 0) is 6.07 Å². The minimum absolute atomic E-state index is 0.0422. The molecule has 1 aromatic rings. The molecule has 34 heavy (non-hydrogen) atoms. The first-order valence-electron chi connectivity index (χ1n) is 10.1. The maximum Gasteiger partial charge on any atom is 0.351 e. The molecule has 0 bridgehead atoms. The van der Waals surface area contributed by atoms with E-state index in [1.165, 1.54) is 19.2 Å². The molecule has 0 spiro atoms. The van der Waals surface area contributed by atoms with Gasteiger partial charge in [0.25, 0.3) is 0 Å². The van der Waals surface area contributed by atoms with Crippen LogP contribution >= 0.6 is 0 Å². The molecule has 1 amide bonds. The maximum atomic E-state index is 12.7. The van der Waals surface area contributed by atoms with Crippen molar-refractivity contribution >= 4 is 35.6 Å². The lowest BCUT2D eigenvalue weighted by Crippen LogP contribution is -2.61. The second kappa shape index (κ2) is 11.4. The third kappa shape index (κ3) is 7.10. The second-order valence-electron chi connectivity index (χ2n) is 7.27. The van der Waals surface area contributed by atoms with Gasteiger partial charge in [-0.15, -0.1) is 0 Å². The number of carbonyl (C=O) groups excluding carboxylic acids is 5. The molecule has 186 valence electrons. The summed E-state index contributed by atoms with van der Waals surface area (Å²) in [6.07, 6.45) is -5.72. The summed E-state index contributed by atoms with van der Waals surface area (Å²) in [4.78, 5) is 74.5. The summed E-state index contributed by atoms with van der Waals surface area (Å²) in [5, 5.41) is 2.35. The zero-order valence-electron chi connectivity index (χ0n) is 19.1. The molecular weight excluding hydrogens is 458 g/mol. The Hall–Kier alpha value is -3.81. The highest BCUT2D eigenvalue weighted by Crippen LogP contribution is 2.34. The number of carbonyl (C=O) groups is 5. The number of hydrogen-bond donors (Lipinski definition) is 1. The number of esters is 4. The van der Waals surface area contributed by atoms with Crippen LogP contribution in [0.3, 0.4) is 0 Å². The Labute approximate surface area is 193 Å². The van der Waals surface area contributed by atoms with Gasteiger partial charge < -0.3 is 29.0 Å². The minimum atomic E-state index is -1.47. The van der Waals surface area contributed by atoms with Crippen molar-refractivity contribution in [2.75, 3.05) is 11.9 Å². The minimum Gasteiger partial charge on any atom is -0.463 e. The van der Waals surface area contributed by atoms with Gasteiger partial charge in [0.2, 0.25) is 5.91 Å². The SMILES string of the molecule is CC(=O)Nc1ccn([C@H]2O[C@@H](COC(C)=O)[C@@H](OC(C)=O)[C@@H](OC(C)=O)[C@H]2OC(C)=O)c(=O)n1. The molecule has 1 saturated heterocycles. The predicted octanol–water partition coefficient (Wildman–Crippen LogP) is -0.543. The van der Waals surface area contributed by atoms with Crippen molar-refractivity contribution in [1.82, 2.24) is 9.55 Å². The van der Waals surface area contributed by atoms with Gasteiger partial charge in [-0.2, -0.15) is 4.98 Å². The second-order valence-corrected chi connectivity index (χ2v) is 7.27. The van der Waals surface area contributed by atoms with Crippen LogP contribution in [0.2, 0.25) is 0 Å². The standard InChI is InChI=1S/C20H25N3O11/c1-9(24)21-15-6-7-23(20(29)22-15)19-18(33-13(5)28)17(32-12(4)27)16(31-11(3)26)14(34-19)8-30-10(2)25/h6-7,14,16-19H,8H2,1-5H3,(H,21,22,24,29)/t14-,16+,17+,18+,19-/m0/s1. The van der Waals surface area contributed by atoms with E-state index in [1.807, 2.05) is 0 Å². The Balaban J connectivity index is 2.59. The van der Waals surface area contributed by atoms with Crippen LogP contribution in [-0.4, -0.2) is 70.4 Å². The van der Waals surface area contributed by atoms with Crippen LogP contribution in [0.25, 0.3) is 0 Å². The van der Waals surface area contributed by atoms with Gasteiger partial charge in [0, 0.05) is 40.8 Å². The third-order valence-electron chi connectivity index (χ3n) is 4.37. The Bertz CT molecular complexity index is 1020. The topological polar surface area (TPSA) is 178 Å². The van der Waals surface area contributed by atoms with Crippen molar-refractivity contribution in [1.29, 1.82) is 0 Å². The molecule has 14 heteroatoms. The molecule has 2 heterocycles. The molecule has 14 nitrogen and oxygen atoms in total. The molecule has 1 N–H and O–H groups in total. The Kier molecular flexibility index (Phi) is 8.83. The zero-order valence-corrected chi connectivity index (χ0v) is 19.1. The third-order valence-corrected chi connectivity index (χ3v) is 4.37. The van der Waals surface area contributed by atoms with Crippen molar-refractivity contribution in [3.63, 3.8) is 0 Å².